The Bertz CT molecular complexity index is 887. The molecule has 8 heteroatoms. The van der Waals surface area contributed by atoms with Crippen molar-refractivity contribution in [2.45, 2.75) is 18.9 Å². The van der Waals surface area contributed by atoms with Crippen LogP contribution in [-0.4, -0.2) is 62.5 Å². The molecule has 29 heavy (non-hydrogen) atoms. The van der Waals surface area contributed by atoms with E-state index >= 15 is 0 Å². The summed E-state index contributed by atoms with van der Waals surface area (Å²) in [5.74, 6) is 1.30. The normalized spacial score (nSPS) is 17.8. The Hall–Kier alpha value is -2.92. The smallest absolute Gasteiger partial charge is 0.227 e. The van der Waals surface area contributed by atoms with Crippen molar-refractivity contribution in [1.29, 1.82) is 5.26 Å². The highest BCUT2D eigenvalue weighted by Gasteiger charge is 2.25. The van der Waals surface area contributed by atoms with Crippen molar-refractivity contribution in [3.05, 3.63) is 41.8 Å². The lowest BCUT2D eigenvalue weighted by Crippen LogP contribution is -2.44. The molecular formula is C21H25FN6O. The molecule has 0 spiro atoms. The summed E-state index contributed by atoms with van der Waals surface area (Å²) in [7, 11) is 2.07. The van der Waals surface area contributed by atoms with E-state index in [1.165, 1.54) is 12.1 Å². The number of morpholine rings is 1. The summed E-state index contributed by atoms with van der Waals surface area (Å²) in [6.07, 6.45) is 3.69. The van der Waals surface area contributed by atoms with E-state index in [1.54, 1.807) is 6.07 Å². The van der Waals surface area contributed by atoms with E-state index in [2.05, 4.69) is 26.7 Å². The fraction of sp³-hybridized carbons (Fsp3) is 0.476. The number of hydrogen-bond donors (Lipinski definition) is 0. The van der Waals surface area contributed by atoms with E-state index in [1.807, 2.05) is 18.3 Å². The van der Waals surface area contributed by atoms with Crippen LogP contribution >= 0.6 is 0 Å². The van der Waals surface area contributed by atoms with Gasteiger partial charge in [-0.05, 0) is 37.1 Å². The van der Waals surface area contributed by atoms with E-state index in [-0.39, 0.29) is 5.82 Å². The second-order valence-corrected chi connectivity index (χ2v) is 7.45. The molecule has 0 radical (unpaired) electrons. The van der Waals surface area contributed by atoms with Gasteiger partial charge in [-0.15, -0.1) is 0 Å². The highest BCUT2D eigenvalue weighted by atomic mass is 19.1. The number of nitriles is 1. The van der Waals surface area contributed by atoms with Crippen LogP contribution in [0.4, 0.5) is 21.8 Å². The summed E-state index contributed by atoms with van der Waals surface area (Å²) in [6.45, 7) is 4.65. The zero-order valence-corrected chi connectivity index (χ0v) is 16.6. The molecule has 1 aromatic heterocycles. The summed E-state index contributed by atoms with van der Waals surface area (Å²) in [4.78, 5) is 15.7. The molecule has 0 aliphatic carbocycles. The van der Waals surface area contributed by atoms with Crippen molar-refractivity contribution in [3.8, 4) is 6.07 Å². The minimum Gasteiger partial charge on any atom is -0.378 e. The van der Waals surface area contributed by atoms with Crippen LogP contribution in [0.1, 0.15) is 18.4 Å². The predicted molar refractivity (Wildman–Crippen MR) is 110 cm³/mol. The number of benzene rings is 1. The summed E-state index contributed by atoms with van der Waals surface area (Å²) in [6, 6.07) is 8.85. The minimum atomic E-state index is -0.366. The number of aromatic nitrogens is 2. The van der Waals surface area contributed by atoms with Crippen LogP contribution in [0.25, 0.3) is 0 Å². The SMILES string of the molecule is CN(c1ccnc(N2CCOCC2)n1)C1CCN(c2cc(F)cc(C#N)c2)CC1. The molecule has 0 saturated carbocycles. The van der Waals surface area contributed by atoms with Gasteiger partial charge >= 0.3 is 0 Å². The van der Waals surface area contributed by atoms with E-state index in [0.29, 0.717) is 24.8 Å². The first-order valence-electron chi connectivity index (χ1n) is 9.98. The Labute approximate surface area is 170 Å². The van der Waals surface area contributed by atoms with Gasteiger partial charge in [-0.3, -0.25) is 0 Å². The molecule has 152 valence electrons. The Balaban J connectivity index is 1.41. The zero-order valence-electron chi connectivity index (χ0n) is 16.6. The molecule has 2 aliphatic rings. The molecule has 0 N–H and O–H groups in total. The molecule has 2 aliphatic heterocycles. The Morgan fingerprint density at radius 3 is 2.62 bits per heavy atom. The molecule has 7 nitrogen and oxygen atoms in total. The minimum absolute atomic E-state index is 0.350. The lowest BCUT2D eigenvalue weighted by Gasteiger charge is -2.38. The van der Waals surface area contributed by atoms with Gasteiger partial charge in [0.2, 0.25) is 5.95 Å². The third kappa shape index (κ3) is 4.40. The topological polar surface area (TPSA) is 68.5 Å². The average molecular weight is 396 g/mol. The maximum Gasteiger partial charge on any atom is 0.227 e. The molecule has 2 saturated heterocycles. The summed E-state index contributed by atoms with van der Waals surface area (Å²) in [5.41, 5.74) is 1.13. The van der Waals surface area contributed by atoms with Gasteiger partial charge in [-0.25, -0.2) is 9.37 Å². The van der Waals surface area contributed by atoms with Crippen molar-refractivity contribution in [2.24, 2.45) is 0 Å². The number of hydrogen-bond acceptors (Lipinski definition) is 7. The Morgan fingerprint density at radius 1 is 1.14 bits per heavy atom. The molecule has 0 unspecified atom stereocenters. The van der Waals surface area contributed by atoms with Crippen LogP contribution in [0.5, 0.6) is 0 Å². The Kier molecular flexibility index (Phi) is 5.76. The summed E-state index contributed by atoms with van der Waals surface area (Å²) < 4.78 is 19.2. The third-order valence-electron chi connectivity index (χ3n) is 5.67. The first kappa shape index (κ1) is 19.4. The number of rotatable bonds is 4. The van der Waals surface area contributed by atoms with Gasteiger partial charge < -0.3 is 19.4 Å². The number of halogens is 1. The lowest BCUT2D eigenvalue weighted by atomic mass is 10.0. The maximum atomic E-state index is 13.8. The molecule has 0 bridgehead atoms. The molecule has 0 atom stereocenters. The van der Waals surface area contributed by atoms with E-state index < -0.39 is 0 Å². The molecule has 4 rings (SSSR count). The second kappa shape index (κ2) is 8.62. The van der Waals surface area contributed by atoms with E-state index in [4.69, 9.17) is 15.0 Å². The number of anilines is 3. The van der Waals surface area contributed by atoms with Crippen molar-refractivity contribution in [2.75, 3.05) is 61.1 Å². The van der Waals surface area contributed by atoms with Gasteiger partial charge in [0.15, 0.2) is 0 Å². The van der Waals surface area contributed by atoms with Gasteiger partial charge in [-0.1, -0.05) is 0 Å². The molecule has 3 heterocycles. The fourth-order valence-corrected chi connectivity index (χ4v) is 3.97. The van der Waals surface area contributed by atoms with Crippen molar-refractivity contribution in [1.82, 2.24) is 9.97 Å². The summed E-state index contributed by atoms with van der Waals surface area (Å²) >= 11 is 0. The molecule has 0 amide bonds. The standard InChI is InChI=1S/C21H25FN6O/c1-26(20-2-5-24-21(25-20)28-8-10-29-11-9-28)18-3-6-27(7-4-18)19-13-16(15-23)12-17(22)14-19/h2,5,12-14,18H,3-4,6-11H2,1H3. The van der Waals surface area contributed by atoms with Crippen LogP contribution in [0, 0.1) is 17.1 Å². The third-order valence-corrected chi connectivity index (χ3v) is 5.67. The van der Waals surface area contributed by atoms with Gasteiger partial charge in [0.1, 0.15) is 11.6 Å². The van der Waals surface area contributed by atoms with Gasteiger partial charge in [-0.2, -0.15) is 10.2 Å². The highest BCUT2D eigenvalue weighted by molar-refractivity contribution is 5.53. The molecule has 1 aromatic carbocycles. The largest absolute Gasteiger partial charge is 0.378 e. The van der Waals surface area contributed by atoms with Gasteiger partial charge in [0.25, 0.3) is 0 Å². The lowest BCUT2D eigenvalue weighted by molar-refractivity contribution is 0.122. The molecule has 2 fully saturated rings. The maximum absolute atomic E-state index is 13.8. The Morgan fingerprint density at radius 2 is 1.90 bits per heavy atom. The van der Waals surface area contributed by atoms with Crippen molar-refractivity contribution >= 4 is 17.5 Å². The number of piperidine rings is 1. The molecule has 2 aromatic rings. The fourth-order valence-electron chi connectivity index (χ4n) is 3.97. The van der Waals surface area contributed by atoms with Crippen molar-refractivity contribution < 1.29 is 9.13 Å². The second-order valence-electron chi connectivity index (χ2n) is 7.45. The summed E-state index contributed by atoms with van der Waals surface area (Å²) in [5, 5.41) is 9.08. The number of nitrogens with zero attached hydrogens (tertiary/aromatic N) is 6. The average Bonchev–Trinajstić information content (AvgIpc) is 2.79. The predicted octanol–water partition coefficient (Wildman–Crippen LogP) is 2.43. The van der Waals surface area contributed by atoms with Crippen LogP contribution in [0.2, 0.25) is 0 Å². The monoisotopic (exact) mass is 396 g/mol. The van der Waals surface area contributed by atoms with Gasteiger partial charge in [0.05, 0.1) is 24.8 Å². The first-order chi connectivity index (χ1) is 14.1. The highest BCUT2D eigenvalue weighted by Crippen LogP contribution is 2.26. The zero-order chi connectivity index (χ0) is 20.2. The van der Waals surface area contributed by atoms with Crippen LogP contribution < -0.4 is 14.7 Å². The van der Waals surface area contributed by atoms with Crippen LogP contribution in [-0.2, 0) is 4.74 Å². The van der Waals surface area contributed by atoms with E-state index in [9.17, 15) is 4.39 Å². The molecular weight excluding hydrogens is 371 g/mol. The van der Waals surface area contributed by atoms with Crippen LogP contribution in [0.3, 0.4) is 0 Å². The quantitative estimate of drug-likeness (QED) is 0.786. The van der Waals surface area contributed by atoms with Gasteiger partial charge in [0, 0.05) is 51.2 Å². The number of ether oxygens (including phenoxy) is 1. The van der Waals surface area contributed by atoms with E-state index in [0.717, 1.165) is 56.5 Å². The van der Waals surface area contributed by atoms with Crippen LogP contribution in [0.15, 0.2) is 30.5 Å². The van der Waals surface area contributed by atoms with Crippen molar-refractivity contribution in [3.63, 3.8) is 0 Å². The first-order valence-corrected chi connectivity index (χ1v) is 9.98.